The van der Waals surface area contributed by atoms with E-state index in [0.717, 1.165) is 33.8 Å². The Labute approximate surface area is 129 Å². The summed E-state index contributed by atoms with van der Waals surface area (Å²) in [6.07, 6.45) is 1.50. The van der Waals surface area contributed by atoms with Gasteiger partial charge in [-0.05, 0) is 26.0 Å². The summed E-state index contributed by atoms with van der Waals surface area (Å²) in [6, 6.07) is 6.08. The van der Waals surface area contributed by atoms with Gasteiger partial charge in [0, 0.05) is 34.8 Å². The van der Waals surface area contributed by atoms with Crippen LogP contribution in [0.2, 0.25) is 0 Å². The van der Waals surface area contributed by atoms with E-state index in [4.69, 9.17) is 10.6 Å². The quantitative estimate of drug-likeness (QED) is 0.831. The number of nitrogens with zero attached hydrogens (tertiary/aromatic N) is 3. The number of nitrogens with two attached hydrogens (primary N) is 1. The van der Waals surface area contributed by atoms with Crippen molar-refractivity contribution >= 4 is 17.2 Å². The molecule has 0 amide bonds. The fourth-order valence-electron chi connectivity index (χ4n) is 3.03. The van der Waals surface area contributed by atoms with Gasteiger partial charge in [-0.3, -0.25) is 0 Å². The molecule has 0 fully saturated rings. The van der Waals surface area contributed by atoms with Crippen LogP contribution in [-0.2, 0) is 10.3 Å². The van der Waals surface area contributed by atoms with Crippen LogP contribution in [0.15, 0.2) is 29.7 Å². The zero-order chi connectivity index (χ0) is 15.9. The molecule has 0 saturated carbocycles. The maximum atomic E-state index is 6.13. The van der Waals surface area contributed by atoms with Gasteiger partial charge in [-0.15, -0.1) is 0 Å². The molecule has 1 heterocycles. The third kappa shape index (κ3) is 1.91. The molecule has 1 aromatic heterocycles. The van der Waals surface area contributed by atoms with Crippen molar-refractivity contribution in [2.24, 2.45) is 5.16 Å². The molecule has 0 radical (unpaired) electrons. The Morgan fingerprint density at radius 1 is 1.23 bits per heavy atom. The van der Waals surface area contributed by atoms with Crippen LogP contribution in [0.3, 0.4) is 0 Å². The topological polar surface area (TPSA) is 85.4 Å². The largest absolute Gasteiger partial charge is 0.399 e. The zero-order valence-electron chi connectivity index (χ0n) is 13.1. The molecule has 0 bridgehead atoms. The van der Waals surface area contributed by atoms with Gasteiger partial charge in [0.15, 0.2) is 0 Å². The number of benzene rings is 1. The van der Waals surface area contributed by atoms with Crippen LogP contribution >= 0.6 is 0 Å². The summed E-state index contributed by atoms with van der Waals surface area (Å²) in [4.78, 5) is 13.7. The van der Waals surface area contributed by atoms with E-state index in [1.165, 1.54) is 6.33 Å². The minimum atomic E-state index is -0.448. The molecule has 1 aliphatic carbocycles. The van der Waals surface area contributed by atoms with Crippen molar-refractivity contribution in [2.45, 2.75) is 19.3 Å². The summed E-state index contributed by atoms with van der Waals surface area (Å²) < 4.78 is 0. The maximum absolute atomic E-state index is 6.13. The molecule has 0 unspecified atom stereocenters. The van der Waals surface area contributed by atoms with Crippen LogP contribution in [-0.4, -0.2) is 29.8 Å². The minimum absolute atomic E-state index is 0.448. The van der Waals surface area contributed by atoms with E-state index in [-0.39, 0.29) is 0 Å². The zero-order valence-corrected chi connectivity index (χ0v) is 13.1. The lowest BCUT2D eigenvalue weighted by Gasteiger charge is -2.34. The fraction of sp³-hybridized carbons (Fsp3) is 0.312. The van der Waals surface area contributed by atoms with Crippen molar-refractivity contribution in [3.05, 3.63) is 35.7 Å². The van der Waals surface area contributed by atoms with E-state index in [0.29, 0.717) is 5.82 Å². The van der Waals surface area contributed by atoms with E-state index in [1.54, 1.807) is 7.11 Å². The molecule has 2 aromatic rings. The van der Waals surface area contributed by atoms with Crippen LogP contribution in [0.5, 0.6) is 0 Å². The second kappa shape index (κ2) is 4.98. The van der Waals surface area contributed by atoms with Gasteiger partial charge in [0.1, 0.15) is 19.3 Å². The highest BCUT2D eigenvalue weighted by atomic mass is 16.6. The number of hydrogen-bond donors (Lipinski definition) is 2. The number of nitrogen functional groups attached to an aromatic ring is 1. The summed E-state index contributed by atoms with van der Waals surface area (Å²) >= 11 is 0. The molecule has 6 heteroatoms. The Morgan fingerprint density at radius 2 is 2.00 bits per heavy atom. The molecule has 1 aromatic carbocycles. The van der Waals surface area contributed by atoms with Crippen molar-refractivity contribution in [2.75, 3.05) is 25.2 Å². The Bertz CT molecular complexity index is 767. The Balaban J connectivity index is 2.40. The molecule has 3 N–H and O–H groups in total. The SMILES string of the molecule is CNc1ccc2c(c1)/C(=N\OC)C(C)(C)c1c(N)ncnc1-2. The molecule has 6 nitrogen and oxygen atoms in total. The molecule has 3 rings (SSSR count). The molecule has 0 aliphatic heterocycles. The lowest BCUT2D eigenvalue weighted by Crippen LogP contribution is -2.36. The van der Waals surface area contributed by atoms with Gasteiger partial charge < -0.3 is 15.9 Å². The lowest BCUT2D eigenvalue weighted by atomic mass is 9.70. The highest BCUT2D eigenvalue weighted by Crippen LogP contribution is 2.44. The molecule has 114 valence electrons. The lowest BCUT2D eigenvalue weighted by molar-refractivity contribution is 0.211. The van der Waals surface area contributed by atoms with Crippen molar-refractivity contribution in [3.8, 4) is 11.3 Å². The maximum Gasteiger partial charge on any atom is 0.131 e. The van der Waals surface area contributed by atoms with E-state index < -0.39 is 5.41 Å². The molecule has 0 saturated heterocycles. The standard InChI is InChI=1S/C16H19N5O/c1-16(2)12-13(19-8-20-15(12)17)10-6-5-9(18-3)7-11(10)14(16)21-22-4/h5-8,18H,1-4H3,(H2,17,19,20)/b21-14+. The molecular weight excluding hydrogens is 278 g/mol. The monoisotopic (exact) mass is 297 g/mol. The smallest absolute Gasteiger partial charge is 0.131 e. The molecule has 22 heavy (non-hydrogen) atoms. The van der Waals surface area contributed by atoms with Crippen LogP contribution in [0, 0.1) is 0 Å². The van der Waals surface area contributed by atoms with Crippen molar-refractivity contribution in [1.82, 2.24) is 9.97 Å². The summed E-state index contributed by atoms with van der Waals surface area (Å²) in [5.41, 5.74) is 11.2. The van der Waals surface area contributed by atoms with E-state index in [2.05, 4.69) is 40.4 Å². The first-order valence-electron chi connectivity index (χ1n) is 7.05. The third-order valence-corrected chi connectivity index (χ3v) is 4.09. The number of oxime groups is 1. The average Bonchev–Trinajstić information content (AvgIpc) is 2.50. The van der Waals surface area contributed by atoms with Crippen molar-refractivity contribution in [3.63, 3.8) is 0 Å². The van der Waals surface area contributed by atoms with Gasteiger partial charge in [-0.25, -0.2) is 9.97 Å². The predicted molar refractivity (Wildman–Crippen MR) is 88.0 cm³/mol. The normalized spacial score (nSPS) is 16.8. The van der Waals surface area contributed by atoms with Gasteiger partial charge in [-0.2, -0.15) is 0 Å². The van der Waals surface area contributed by atoms with Crippen LogP contribution < -0.4 is 11.1 Å². The number of anilines is 2. The van der Waals surface area contributed by atoms with Crippen molar-refractivity contribution < 1.29 is 4.84 Å². The number of fused-ring (bicyclic) bond motifs is 3. The molecule has 0 spiro atoms. The van der Waals surface area contributed by atoms with Gasteiger partial charge in [0.05, 0.1) is 11.4 Å². The summed E-state index contributed by atoms with van der Waals surface area (Å²) in [5.74, 6) is 0.474. The Morgan fingerprint density at radius 3 is 2.68 bits per heavy atom. The van der Waals surface area contributed by atoms with E-state index in [1.807, 2.05) is 19.2 Å². The summed E-state index contributed by atoms with van der Waals surface area (Å²) in [7, 11) is 3.43. The summed E-state index contributed by atoms with van der Waals surface area (Å²) in [6.45, 7) is 4.11. The van der Waals surface area contributed by atoms with Gasteiger partial charge in [0.2, 0.25) is 0 Å². The van der Waals surface area contributed by atoms with Crippen molar-refractivity contribution in [1.29, 1.82) is 0 Å². The van der Waals surface area contributed by atoms with E-state index >= 15 is 0 Å². The summed E-state index contributed by atoms with van der Waals surface area (Å²) in [5, 5.41) is 7.42. The van der Waals surface area contributed by atoms with Gasteiger partial charge >= 0.3 is 0 Å². The number of rotatable bonds is 2. The number of nitrogens with one attached hydrogen (secondary N) is 1. The molecule has 0 atom stereocenters. The van der Waals surface area contributed by atoms with Gasteiger partial charge in [-0.1, -0.05) is 11.2 Å². The van der Waals surface area contributed by atoms with Crippen LogP contribution in [0.1, 0.15) is 25.0 Å². The third-order valence-electron chi connectivity index (χ3n) is 4.09. The second-order valence-corrected chi connectivity index (χ2v) is 5.74. The first-order chi connectivity index (χ1) is 10.5. The van der Waals surface area contributed by atoms with E-state index in [9.17, 15) is 0 Å². The number of aromatic nitrogens is 2. The molecule has 1 aliphatic rings. The Hall–Kier alpha value is -2.63. The number of hydrogen-bond acceptors (Lipinski definition) is 6. The first kappa shape index (κ1) is 14.3. The fourth-order valence-corrected chi connectivity index (χ4v) is 3.03. The average molecular weight is 297 g/mol. The highest BCUT2D eigenvalue weighted by Gasteiger charge is 2.40. The Kier molecular flexibility index (Phi) is 3.24. The van der Waals surface area contributed by atoms with Crippen LogP contribution in [0.25, 0.3) is 11.3 Å². The first-order valence-corrected chi connectivity index (χ1v) is 7.05. The highest BCUT2D eigenvalue weighted by molar-refractivity contribution is 6.16. The molecular formula is C16H19N5O. The van der Waals surface area contributed by atoms with Gasteiger partial charge in [0.25, 0.3) is 0 Å². The van der Waals surface area contributed by atoms with Crippen LogP contribution in [0.4, 0.5) is 11.5 Å². The second-order valence-electron chi connectivity index (χ2n) is 5.74. The predicted octanol–water partition coefficient (Wildman–Crippen LogP) is 2.41. The minimum Gasteiger partial charge on any atom is -0.399 e.